The summed E-state index contributed by atoms with van der Waals surface area (Å²) in [6, 6.07) is 19.1. The number of hydrogen-bond acceptors (Lipinski definition) is 6. The van der Waals surface area contributed by atoms with Crippen LogP contribution in [0.15, 0.2) is 60.7 Å². The Bertz CT molecular complexity index is 1060. The van der Waals surface area contributed by atoms with Crippen molar-refractivity contribution in [3.05, 3.63) is 71.8 Å². The highest BCUT2D eigenvalue weighted by molar-refractivity contribution is 5.81. The Morgan fingerprint density at radius 2 is 1.50 bits per heavy atom. The van der Waals surface area contributed by atoms with Crippen LogP contribution in [-0.4, -0.2) is 78.7 Å². The molecule has 0 amide bonds. The Morgan fingerprint density at radius 1 is 0.947 bits per heavy atom. The lowest BCUT2D eigenvalue weighted by Crippen LogP contribution is -3.00. The predicted octanol–water partition coefficient (Wildman–Crippen LogP) is 0.564. The van der Waals surface area contributed by atoms with Crippen LogP contribution in [0.5, 0.6) is 0 Å². The molecule has 3 saturated heterocycles. The molecule has 2 aromatic rings. The molecule has 0 spiro atoms. The molecule has 3 fully saturated rings. The minimum atomic E-state index is -0.798. The molecule has 2 unspecified atom stereocenters. The molecule has 2 bridgehead atoms. The Hall–Kier alpha value is -2.26. The first-order chi connectivity index (χ1) is 18.0. The first-order valence-corrected chi connectivity index (χ1v) is 13.5. The number of aliphatic hydroxyl groups is 1. The van der Waals surface area contributed by atoms with E-state index in [-0.39, 0.29) is 54.5 Å². The van der Waals surface area contributed by atoms with E-state index in [0.29, 0.717) is 17.6 Å². The summed E-state index contributed by atoms with van der Waals surface area (Å²) in [5, 5.41) is 9.83. The van der Waals surface area contributed by atoms with Crippen LogP contribution in [0.4, 0.5) is 0 Å². The second kappa shape index (κ2) is 12.3. The normalized spacial score (nSPS) is 30.3. The highest BCUT2D eigenvalue weighted by Gasteiger charge is 2.71. The maximum atomic E-state index is 13.5. The SMILES string of the molecule is CCCC[N+]1(C)[C@@H]2CC(OC(=O)[C@H](COC(=O)[C@H](CO)c3ccccc3)c3ccccc3)C[C@H]1[C@@H]1O[C@@H]12.[Br-]. The molecule has 7 nitrogen and oxygen atoms in total. The predicted molar refractivity (Wildman–Crippen MR) is 138 cm³/mol. The average Bonchev–Trinajstić information content (AvgIpc) is 3.68. The topological polar surface area (TPSA) is 85.4 Å². The van der Waals surface area contributed by atoms with Gasteiger partial charge in [0.25, 0.3) is 0 Å². The summed E-state index contributed by atoms with van der Waals surface area (Å²) in [7, 11) is 2.34. The lowest BCUT2D eigenvalue weighted by molar-refractivity contribution is -0.956. The van der Waals surface area contributed by atoms with Crippen LogP contribution in [0.25, 0.3) is 0 Å². The molecule has 38 heavy (non-hydrogen) atoms. The number of epoxide rings is 1. The summed E-state index contributed by atoms with van der Waals surface area (Å²) in [6.07, 6.45) is 4.36. The minimum absolute atomic E-state index is 0. The zero-order valence-electron chi connectivity index (χ0n) is 22.1. The molecule has 2 aromatic carbocycles. The first-order valence-electron chi connectivity index (χ1n) is 13.5. The zero-order valence-corrected chi connectivity index (χ0v) is 23.7. The fourth-order valence-corrected chi connectivity index (χ4v) is 6.48. The summed E-state index contributed by atoms with van der Waals surface area (Å²) >= 11 is 0. The molecular weight excluding hydrogens is 550 g/mol. The van der Waals surface area contributed by atoms with Gasteiger partial charge in [-0.1, -0.05) is 74.0 Å². The highest BCUT2D eigenvalue weighted by atomic mass is 79.9. The molecule has 5 rings (SSSR count). The summed E-state index contributed by atoms with van der Waals surface area (Å²) in [6.45, 7) is 2.86. The molecule has 0 radical (unpaired) electrons. The number of hydrogen-bond donors (Lipinski definition) is 1. The molecule has 206 valence electrons. The van der Waals surface area contributed by atoms with Gasteiger partial charge in [-0.2, -0.15) is 0 Å². The van der Waals surface area contributed by atoms with Crippen molar-refractivity contribution in [2.24, 2.45) is 0 Å². The molecule has 3 aliphatic rings. The van der Waals surface area contributed by atoms with Crippen molar-refractivity contribution in [1.82, 2.24) is 0 Å². The number of unbranched alkanes of at least 4 members (excludes halogenated alkanes) is 1. The average molecular weight is 589 g/mol. The molecule has 0 aliphatic carbocycles. The summed E-state index contributed by atoms with van der Waals surface area (Å²) in [5.41, 5.74) is 1.42. The molecule has 0 saturated carbocycles. The number of quaternary nitrogens is 1. The van der Waals surface area contributed by atoms with Gasteiger partial charge in [0.15, 0.2) is 0 Å². The van der Waals surface area contributed by atoms with Gasteiger partial charge in [0.1, 0.15) is 48.8 Å². The van der Waals surface area contributed by atoms with Crippen molar-refractivity contribution in [2.45, 2.75) is 74.8 Å². The van der Waals surface area contributed by atoms with E-state index in [4.69, 9.17) is 14.2 Å². The van der Waals surface area contributed by atoms with E-state index < -0.39 is 17.8 Å². The van der Waals surface area contributed by atoms with Gasteiger partial charge in [-0.15, -0.1) is 0 Å². The summed E-state index contributed by atoms with van der Waals surface area (Å²) < 4.78 is 18.7. The standard InChI is InChI=1S/C30H38NO6.BrH/c1-3-4-15-31(2)25-16-22(17-26(31)28-27(25)37-28)36-30(34)24(21-13-9-6-10-14-21)19-35-29(33)23(18-32)20-11-7-5-8-12-20;/h5-14,22-28,32H,3-4,15-19H2,1-2H3;1H/q+1;/p-1/t22?,23-,24-,25-,26+,27-,28+,31?;/m1./s1. The molecule has 3 heterocycles. The number of esters is 2. The van der Waals surface area contributed by atoms with E-state index in [1.807, 2.05) is 48.5 Å². The number of benzene rings is 2. The lowest BCUT2D eigenvalue weighted by Gasteiger charge is -2.48. The van der Waals surface area contributed by atoms with Crippen molar-refractivity contribution in [3.8, 4) is 0 Å². The second-order valence-corrected chi connectivity index (χ2v) is 10.9. The van der Waals surface area contributed by atoms with Crippen molar-refractivity contribution in [1.29, 1.82) is 0 Å². The molecular formula is C30H38BrNO6. The number of aliphatic hydroxyl groups excluding tert-OH is 1. The molecule has 1 N–H and O–H groups in total. The second-order valence-electron chi connectivity index (χ2n) is 10.9. The first kappa shape index (κ1) is 28.7. The van der Waals surface area contributed by atoms with Gasteiger partial charge in [-0.25, -0.2) is 0 Å². The number of likely N-dealkylation sites (N-methyl/N-ethyl adjacent to an activating group) is 1. The number of ether oxygens (including phenoxy) is 3. The van der Waals surface area contributed by atoms with Crippen LogP contribution in [0.1, 0.15) is 55.6 Å². The molecule has 3 aliphatic heterocycles. The zero-order chi connectivity index (χ0) is 26.0. The maximum absolute atomic E-state index is 13.5. The van der Waals surface area contributed by atoms with Gasteiger partial charge in [-0.05, 0) is 17.5 Å². The molecule has 8 heteroatoms. The number of carbonyl (C=O) groups is 2. The number of morpholine rings is 1. The van der Waals surface area contributed by atoms with Crippen molar-refractivity contribution in [3.63, 3.8) is 0 Å². The van der Waals surface area contributed by atoms with E-state index in [2.05, 4.69) is 14.0 Å². The monoisotopic (exact) mass is 587 g/mol. The maximum Gasteiger partial charge on any atom is 0.317 e. The van der Waals surface area contributed by atoms with Gasteiger partial charge in [0, 0.05) is 12.8 Å². The van der Waals surface area contributed by atoms with E-state index >= 15 is 0 Å². The van der Waals surface area contributed by atoms with Crippen LogP contribution < -0.4 is 17.0 Å². The lowest BCUT2D eigenvalue weighted by atomic mass is 9.94. The van der Waals surface area contributed by atoms with Gasteiger partial charge in [-0.3, -0.25) is 9.59 Å². The largest absolute Gasteiger partial charge is 1.00 e. The number of rotatable bonds is 11. The Morgan fingerprint density at radius 3 is 2.03 bits per heavy atom. The summed E-state index contributed by atoms with van der Waals surface area (Å²) in [5.74, 6) is -2.46. The van der Waals surface area contributed by atoms with Gasteiger partial charge in [0.05, 0.1) is 20.2 Å². The fourth-order valence-electron chi connectivity index (χ4n) is 6.48. The van der Waals surface area contributed by atoms with E-state index in [9.17, 15) is 14.7 Å². The van der Waals surface area contributed by atoms with E-state index in [1.165, 1.54) is 12.8 Å². The molecule has 0 aromatic heterocycles. The number of carbonyl (C=O) groups excluding carboxylic acids is 2. The third-order valence-corrected chi connectivity index (χ3v) is 8.67. The Kier molecular flexibility index (Phi) is 9.29. The number of nitrogens with zero attached hydrogens (tertiary/aromatic N) is 1. The highest BCUT2D eigenvalue weighted by Crippen LogP contribution is 2.53. The fraction of sp³-hybridized carbons (Fsp3) is 0.533. The van der Waals surface area contributed by atoms with Crippen LogP contribution in [0.3, 0.4) is 0 Å². The van der Waals surface area contributed by atoms with Crippen molar-refractivity contribution >= 4 is 11.9 Å². The summed E-state index contributed by atoms with van der Waals surface area (Å²) in [4.78, 5) is 26.4. The van der Waals surface area contributed by atoms with E-state index in [0.717, 1.165) is 29.4 Å². The van der Waals surface area contributed by atoms with Gasteiger partial charge < -0.3 is 40.8 Å². The van der Waals surface area contributed by atoms with Gasteiger partial charge >= 0.3 is 11.9 Å². The minimum Gasteiger partial charge on any atom is -1.00 e. The van der Waals surface area contributed by atoms with Gasteiger partial charge in [0.2, 0.25) is 0 Å². The third kappa shape index (κ3) is 5.69. The smallest absolute Gasteiger partial charge is 0.317 e. The van der Waals surface area contributed by atoms with Crippen LogP contribution >= 0.6 is 0 Å². The van der Waals surface area contributed by atoms with Crippen LogP contribution in [-0.2, 0) is 23.8 Å². The Labute approximate surface area is 235 Å². The quantitative estimate of drug-likeness (QED) is 0.235. The van der Waals surface area contributed by atoms with Crippen LogP contribution in [0.2, 0.25) is 0 Å². The van der Waals surface area contributed by atoms with E-state index in [1.54, 1.807) is 12.1 Å². The number of fused-ring (bicyclic) bond motifs is 5. The number of halogens is 1. The third-order valence-electron chi connectivity index (χ3n) is 8.67. The molecule has 8 atom stereocenters. The van der Waals surface area contributed by atoms with Crippen molar-refractivity contribution in [2.75, 3.05) is 26.8 Å². The van der Waals surface area contributed by atoms with Crippen LogP contribution in [0, 0.1) is 0 Å². The van der Waals surface area contributed by atoms with Crippen molar-refractivity contribution < 1.29 is 50.4 Å². The Balaban J connectivity index is 0.00000336. The number of piperidine rings is 1.